The van der Waals surface area contributed by atoms with Crippen LogP contribution in [0, 0.1) is 0 Å². The summed E-state index contributed by atoms with van der Waals surface area (Å²) in [7, 11) is 0. The molecule has 1 saturated carbocycles. The van der Waals surface area contributed by atoms with Crippen LogP contribution < -0.4 is 31.1 Å². The summed E-state index contributed by atoms with van der Waals surface area (Å²) in [5, 5.41) is 0. The monoisotopic (exact) mass is 926 g/mol. The number of benzene rings is 8. The van der Waals surface area contributed by atoms with Crippen molar-refractivity contribution in [3.05, 3.63) is 210 Å². The second-order valence-corrected chi connectivity index (χ2v) is 24.3. The number of rotatable bonds is 5. The third-order valence-corrected chi connectivity index (χ3v) is 17.0. The first kappa shape index (κ1) is 45.4. The third kappa shape index (κ3) is 6.91. The first-order chi connectivity index (χ1) is 34.0. The van der Waals surface area contributed by atoms with Gasteiger partial charge in [0.15, 0.2) is 0 Å². The van der Waals surface area contributed by atoms with Crippen LogP contribution in [-0.4, -0.2) is 12.3 Å². The normalized spacial score (nSPS) is 19.2. The standard InChI is InChI=1S/C67H68BN3/c1-63(2,3)46-31-33-47(34-32-46)67-40-22-21-39-66(67,10)71(57-38-36-49(42-53(57)67)65(7,8)9)51-43-60-62-61(44-51)70(56-37-35-48(64(4,5)6)41-52(56)45-23-13-11-14-24-45)59-30-20-18-28-55(59)68(62)54-27-17-19-29-58(54)69(60)50-25-15-12-16-26-50/h11-20,23-38,41-44H,21-22,39-40H2,1-10H3. The molecule has 0 bridgehead atoms. The Morgan fingerprint density at radius 2 is 0.930 bits per heavy atom. The molecule has 0 N–H and O–H groups in total. The second-order valence-electron chi connectivity index (χ2n) is 24.3. The lowest BCUT2D eigenvalue weighted by atomic mass is 9.33. The summed E-state index contributed by atoms with van der Waals surface area (Å²) in [6.07, 6.45) is 4.54. The summed E-state index contributed by atoms with van der Waals surface area (Å²) >= 11 is 0. The van der Waals surface area contributed by atoms with Gasteiger partial charge in [0.25, 0.3) is 6.71 Å². The van der Waals surface area contributed by atoms with Gasteiger partial charge in [0.2, 0.25) is 0 Å². The van der Waals surface area contributed by atoms with Gasteiger partial charge in [0.1, 0.15) is 0 Å². The molecular formula is C67H68BN3. The molecule has 0 aromatic heterocycles. The molecule has 3 heterocycles. The number of anilines is 8. The molecule has 354 valence electrons. The Hall–Kier alpha value is -6.78. The molecule has 12 rings (SSSR count). The van der Waals surface area contributed by atoms with Gasteiger partial charge in [-0.2, -0.15) is 0 Å². The van der Waals surface area contributed by atoms with Gasteiger partial charge < -0.3 is 14.7 Å². The smallest absolute Gasteiger partial charge is 0.252 e. The number of hydrogen-bond donors (Lipinski definition) is 0. The van der Waals surface area contributed by atoms with Gasteiger partial charge in [-0.3, -0.25) is 0 Å². The minimum Gasteiger partial charge on any atom is -0.334 e. The summed E-state index contributed by atoms with van der Waals surface area (Å²) in [5.41, 5.74) is 22.8. The zero-order valence-corrected chi connectivity index (χ0v) is 43.6. The molecule has 4 aliphatic rings. The van der Waals surface area contributed by atoms with E-state index in [1.165, 1.54) is 108 Å². The summed E-state index contributed by atoms with van der Waals surface area (Å²) in [4.78, 5) is 8.05. The van der Waals surface area contributed by atoms with Crippen LogP contribution in [0.1, 0.15) is 123 Å². The van der Waals surface area contributed by atoms with Crippen LogP contribution in [0.15, 0.2) is 182 Å². The molecule has 0 radical (unpaired) electrons. The van der Waals surface area contributed by atoms with E-state index >= 15 is 0 Å². The van der Waals surface area contributed by atoms with Crippen molar-refractivity contribution in [2.75, 3.05) is 14.7 Å². The van der Waals surface area contributed by atoms with Crippen LogP contribution in [0.25, 0.3) is 11.1 Å². The van der Waals surface area contributed by atoms with Gasteiger partial charge in [-0.1, -0.05) is 203 Å². The van der Waals surface area contributed by atoms with Crippen LogP contribution in [0.5, 0.6) is 0 Å². The topological polar surface area (TPSA) is 9.72 Å². The van der Waals surface area contributed by atoms with Crippen molar-refractivity contribution in [3.63, 3.8) is 0 Å². The first-order valence-electron chi connectivity index (χ1n) is 26.3. The summed E-state index contributed by atoms with van der Waals surface area (Å²) in [6, 6.07) is 70.5. The SMILES string of the molecule is CC(C)(C)c1ccc(C23CCCCC2(C)N(c2cc4c5c(c2)N(c2ccc(C(C)(C)C)cc2-c2ccccc2)c2ccccc2B5c2ccccc2N4c2ccccc2)c2ccc(C(C)(C)C)cc23)cc1. The Morgan fingerprint density at radius 3 is 1.55 bits per heavy atom. The first-order valence-corrected chi connectivity index (χ1v) is 26.3. The molecule has 2 atom stereocenters. The minimum absolute atomic E-state index is 0.00767. The second kappa shape index (κ2) is 16.1. The highest BCUT2D eigenvalue weighted by Crippen LogP contribution is 2.65. The lowest BCUT2D eigenvalue weighted by molar-refractivity contribution is 0.215. The minimum atomic E-state index is -0.279. The predicted molar refractivity (Wildman–Crippen MR) is 305 cm³/mol. The van der Waals surface area contributed by atoms with E-state index in [4.69, 9.17) is 0 Å². The zero-order valence-electron chi connectivity index (χ0n) is 43.6. The lowest BCUT2D eigenvalue weighted by Crippen LogP contribution is -2.61. The van der Waals surface area contributed by atoms with Gasteiger partial charge >= 0.3 is 0 Å². The molecule has 4 heteroatoms. The molecule has 71 heavy (non-hydrogen) atoms. The highest BCUT2D eigenvalue weighted by Gasteiger charge is 2.61. The van der Waals surface area contributed by atoms with Crippen molar-refractivity contribution >= 4 is 68.6 Å². The van der Waals surface area contributed by atoms with Gasteiger partial charge in [-0.25, -0.2) is 0 Å². The maximum atomic E-state index is 2.83. The Labute approximate surface area is 424 Å². The average Bonchev–Trinajstić information content (AvgIpc) is 3.60. The summed E-state index contributed by atoms with van der Waals surface area (Å²) in [6.45, 7) is 23.7. The highest BCUT2D eigenvalue weighted by molar-refractivity contribution is 7.00. The highest BCUT2D eigenvalue weighted by atomic mass is 15.3. The van der Waals surface area contributed by atoms with E-state index in [0.717, 1.165) is 18.5 Å². The van der Waals surface area contributed by atoms with Crippen molar-refractivity contribution < 1.29 is 0 Å². The molecule has 1 aliphatic carbocycles. The lowest BCUT2D eigenvalue weighted by Gasteiger charge is -2.53. The van der Waals surface area contributed by atoms with Crippen LogP contribution in [0.3, 0.4) is 0 Å². The van der Waals surface area contributed by atoms with E-state index < -0.39 is 0 Å². The fraction of sp³-hybridized carbons (Fsp3) is 0.284. The Bertz CT molecular complexity index is 3350. The fourth-order valence-electron chi connectivity index (χ4n) is 13.3. The summed E-state index contributed by atoms with van der Waals surface area (Å²) in [5.74, 6) is 0. The zero-order chi connectivity index (χ0) is 49.2. The molecule has 8 aromatic carbocycles. The van der Waals surface area contributed by atoms with Crippen molar-refractivity contribution in [1.29, 1.82) is 0 Å². The van der Waals surface area contributed by atoms with Gasteiger partial charge in [-0.05, 0) is 140 Å². The van der Waals surface area contributed by atoms with E-state index in [2.05, 4.69) is 266 Å². The van der Waals surface area contributed by atoms with E-state index in [0.29, 0.717) is 0 Å². The maximum absolute atomic E-state index is 2.83. The molecule has 3 aliphatic heterocycles. The van der Waals surface area contributed by atoms with Crippen molar-refractivity contribution in [3.8, 4) is 11.1 Å². The van der Waals surface area contributed by atoms with Crippen molar-refractivity contribution in [2.24, 2.45) is 0 Å². The Balaban J connectivity index is 1.19. The Morgan fingerprint density at radius 1 is 0.423 bits per heavy atom. The van der Waals surface area contributed by atoms with Gasteiger partial charge in [-0.15, -0.1) is 0 Å². The van der Waals surface area contributed by atoms with Crippen molar-refractivity contribution in [1.82, 2.24) is 0 Å². The predicted octanol–water partition coefficient (Wildman–Crippen LogP) is 16.1. The quantitative estimate of drug-likeness (QED) is 0.159. The number of hydrogen-bond acceptors (Lipinski definition) is 3. The van der Waals surface area contributed by atoms with E-state index in [1.54, 1.807) is 0 Å². The molecule has 0 amide bonds. The number of fused-ring (bicyclic) bond motifs is 7. The van der Waals surface area contributed by atoms with E-state index in [1.807, 2.05) is 0 Å². The molecule has 0 saturated heterocycles. The van der Waals surface area contributed by atoms with E-state index in [-0.39, 0.29) is 33.9 Å². The van der Waals surface area contributed by atoms with Crippen molar-refractivity contribution in [2.45, 2.75) is 122 Å². The third-order valence-electron chi connectivity index (χ3n) is 17.0. The van der Waals surface area contributed by atoms with Crippen LogP contribution in [0.2, 0.25) is 0 Å². The number of nitrogens with zero attached hydrogens (tertiary/aromatic N) is 3. The van der Waals surface area contributed by atoms with Crippen LogP contribution in [-0.2, 0) is 21.7 Å². The van der Waals surface area contributed by atoms with Crippen LogP contribution >= 0.6 is 0 Å². The Kier molecular flexibility index (Phi) is 10.3. The van der Waals surface area contributed by atoms with Gasteiger partial charge in [0.05, 0.1) is 11.2 Å². The maximum Gasteiger partial charge on any atom is 0.252 e. The van der Waals surface area contributed by atoms with Crippen LogP contribution in [0.4, 0.5) is 45.5 Å². The molecule has 8 aromatic rings. The molecule has 3 nitrogen and oxygen atoms in total. The fourth-order valence-corrected chi connectivity index (χ4v) is 13.3. The summed E-state index contributed by atoms with van der Waals surface area (Å²) < 4.78 is 0. The van der Waals surface area contributed by atoms with Gasteiger partial charge in [0, 0.05) is 50.8 Å². The van der Waals surface area contributed by atoms with E-state index in [9.17, 15) is 0 Å². The average molecular weight is 926 g/mol. The number of para-hydroxylation sites is 3. The molecular weight excluding hydrogens is 858 g/mol. The molecule has 0 spiro atoms. The largest absolute Gasteiger partial charge is 0.334 e. The molecule has 2 unspecified atom stereocenters. The molecule has 1 fully saturated rings.